The van der Waals surface area contributed by atoms with E-state index in [9.17, 15) is 4.79 Å². The number of primary amides is 1. The number of carbonyl (C=O) groups excluding carboxylic acids is 1. The standard InChI is InChI=1S/C2H4ClNO.CH5N/c3-1-2(4)5;1-2/h1H2,(H2,4,5);2H2,1H3. The fourth-order valence-electron chi connectivity index (χ4n) is 0. The molecule has 0 aromatic rings. The van der Waals surface area contributed by atoms with Gasteiger partial charge in [0.25, 0.3) is 0 Å². The van der Waals surface area contributed by atoms with Crippen LogP contribution in [0.25, 0.3) is 0 Å². The van der Waals surface area contributed by atoms with E-state index in [1.165, 1.54) is 7.05 Å². The molecule has 0 saturated carbocycles. The summed E-state index contributed by atoms with van der Waals surface area (Å²) >= 11 is 4.86. The highest BCUT2D eigenvalue weighted by Gasteiger charge is 1.79. The van der Waals surface area contributed by atoms with Crippen LogP contribution in [0.1, 0.15) is 0 Å². The Labute approximate surface area is 47.6 Å². The van der Waals surface area contributed by atoms with E-state index in [0.717, 1.165) is 0 Å². The number of halogens is 1. The summed E-state index contributed by atoms with van der Waals surface area (Å²) in [4.78, 5) is 9.46. The van der Waals surface area contributed by atoms with Gasteiger partial charge in [-0.3, -0.25) is 4.79 Å². The summed E-state index contributed by atoms with van der Waals surface area (Å²) in [5, 5.41) is 0. The van der Waals surface area contributed by atoms with E-state index >= 15 is 0 Å². The number of hydrogen-bond acceptors (Lipinski definition) is 2. The van der Waals surface area contributed by atoms with Crippen LogP contribution in [0.15, 0.2) is 0 Å². The Bertz CT molecular complexity index is 48.2. The maximum atomic E-state index is 9.46. The molecule has 0 fully saturated rings. The molecular formula is C3H9ClN2O. The van der Waals surface area contributed by atoms with Crippen LogP contribution in [-0.4, -0.2) is 18.8 Å². The molecule has 3 nitrogen and oxygen atoms in total. The number of nitrogens with two attached hydrogens (primary N) is 2. The van der Waals surface area contributed by atoms with Crippen molar-refractivity contribution in [3.8, 4) is 0 Å². The van der Waals surface area contributed by atoms with Gasteiger partial charge in [-0.25, -0.2) is 0 Å². The lowest BCUT2D eigenvalue weighted by Crippen LogP contribution is -2.10. The van der Waals surface area contributed by atoms with Gasteiger partial charge in [-0.1, -0.05) is 0 Å². The summed E-state index contributed by atoms with van der Waals surface area (Å²) in [7, 11) is 1.50. The van der Waals surface area contributed by atoms with Crippen LogP contribution in [-0.2, 0) is 4.79 Å². The third-order valence-electron chi connectivity index (χ3n) is 0.132. The lowest BCUT2D eigenvalue weighted by atomic mass is 10.8. The minimum absolute atomic E-state index is 0.0833. The van der Waals surface area contributed by atoms with Crippen LogP contribution in [0.3, 0.4) is 0 Å². The Morgan fingerprint density at radius 3 is 1.86 bits per heavy atom. The molecule has 44 valence electrons. The summed E-state index contributed by atoms with van der Waals surface area (Å²) in [5.74, 6) is -0.563. The minimum atomic E-state index is -0.480. The smallest absolute Gasteiger partial charge is 0.232 e. The zero-order chi connectivity index (χ0) is 6.28. The number of hydrogen-bond donors (Lipinski definition) is 2. The third kappa shape index (κ3) is 26.8. The van der Waals surface area contributed by atoms with Crippen LogP contribution in [0.5, 0.6) is 0 Å². The van der Waals surface area contributed by atoms with Crippen LogP contribution in [0.4, 0.5) is 0 Å². The molecule has 0 saturated heterocycles. The highest BCUT2D eigenvalue weighted by atomic mass is 35.5. The van der Waals surface area contributed by atoms with Crippen molar-refractivity contribution in [1.29, 1.82) is 0 Å². The van der Waals surface area contributed by atoms with E-state index in [-0.39, 0.29) is 5.88 Å². The van der Waals surface area contributed by atoms with Gasteiger partial charge >= 0.3 is 0 Å². The second kappa shape index (κ2) is 9.21. The van der Waals surface area contributed by atoms with Gasteiger partial charge in [-0.15, -0.1) is 11.6 Å². The van der Waals surface area contributed by atoms with Crippen LogP contribution >= 0.6 is 11.6 Å². The zero-order valence-electron chi connectivity index (χ0n) is 4.15. The minimum Gasteiger partial charge on any atom is -0.369 e. The van der Waals surface area contributed by atoms with Crippen molar-refractivity contribution in [3.63, 3.8) is 0 Å². The Balaban J connectivity index is 0. The number of alkyl halides is 1. The first-order valence-electron chi connectivity index (χ1n) is 1.69. The Morgan fingerprint density at radius 1 is 1.71 bits per heavy atom. The first-order chi connectivity index (χ1) is 3.27. The van der Waals surface area contributed by atoms with Crippen molar-refractivity contribution in [2.45, 2.75) is 0 Å². The summed E-state index contributed by atoms with van der Waals surface area (Å²) in [6.45, 7) is 0. The first-order valence-corrected chi connectivity index (χ1v) is 2.23. The average Bonchev–Trinajstić information content (AvgIpc) is 1.73. The SMILES string of the molecule is CN.NC(=O)CCl. The highest BCUT2D eigenvalue weighted by molar-refractivity contribution is 6.27. The van der Waals surface area contributed by atoms with Gasteiger partial charge in [0.05, 0.1) is 0 Å². The van der Waals surface area contributed by atoms with E-state index in [4.69, 9.17) is 11.6 Å². The molecule has 0 aliphatic heterocycles. The first kappa shape index (κ1) is 9.87. The zero-order valence-corrected chi connectivity index (χ0v) is 4.90. The molecule has 0 aromatic heterocycles. The topological polar surface area (TPSA) is 69.1 Å². The largest absolute Gasteiger partial charge is 0.369 e. The van der Waals surface area contributed by atoms with Crippen molar-refractivity contribution in [2.75, 3.05) is 12.9 Å². The van der Waals surface area contributed by atoms with Crippen molar-refractivity contribution < 1.29 is 4.79 Å². The van der Waals surface area contributed by atoms with Crippen molar-refractivity contribution in [1.82, 2.24) is 0 Å². The molecule has 0 spiro atoms. The summed E-state index contributed by atoms with van der Waals surface area (Å²) in [6, 6.07) is 0. The Morgan fingerprint density at radius 2 is 1.86 bits per heavy atom. The van der Waals surface area contributed by atoms with Crippen LogP contribution in [0, 0.1) is 0 Å². The van der Waals surface area contributed by atoms with E-state index < -0.39 is 5.91 Å². The monoisotopic (exact) mass is 124 g/mol. The molecule has 0 radical (unpaired) electrons. The highest BCUT2D eigenvalue weighted by Crippen LogP contribution is 1.64. The van der Waals surface area contributed by atoms with E-state index in [1.807, 2.05) is 0 Å². The molecule has 0 heterocycles. The lowest BCUT2D eigenvalue weighted by molar-refractivity contribution is -0.115. The summed E-state index contributed by atoms with van der Waals surface area (Å²) < 4.78 is 0. The summed E-state index contributed by atoms with van der Waals surface area (Å²) in [6.07, 6.45) is 0. The molecule has 0 rings (SSSR count). The van der Waals surface area contributed by atoms with Gasteiger partial charge in [0.15, 0.2) is 0 Å². The predicted octanol–water partition coefficient (Wildman–Crippen LogP) is -0.715. The third-order valence-corrected chi connectivity index (χ3v) is 0.395. The van der Waals surface area contributed by atoms with Gasteiger partial charge < -0.3 is 11.5 Å². The van der Waals surface area contributed by atoms with Crippen molar-refractivity contribution in [2.24, 2.45) is 11.5 Å². The van der Waals surface area contributed by atoms with Crippen LogP contribution in [0.2, 0.25) is 0 Å². The molecule has 1 amide bonds. The van der Waals surface area contributed by atoms with E-state index in [0.29, 0.717) is 0 Å². The molecule has 0 atom stereocenters. The number of carbonyl (C=O) groups is 1. The summed E-state index contributed by atoms with van der Waals surface area (Å²) in [5.41, 5.74) is 9.02. The Kier molecular flexibility index (Phi) is 13.0. The predicted molar refractivity (Wildman–Crippen MR) is 30.0 cm³/mol. The molecule has 0 unspecified atom stereocenters. The maximum absolute atomic E-state index is 9.46. The van der Waals surface area contributed by atoms with E-state index in [2.05, 4.69) is 11.5 Å². The van der Waals surface area contributed by atoms with Gasteiger partial charge in [0.1, 0.15) is 5.88 Å². The normalized spacial score (nSPS) is 6.14. The quantitative estimate of drug-likeness (QED) is 0.454. The van der Waals surface area contributed by atoms with Gasteiger partial charge in [-0.2, -0.15) is 0 Å². The van der Waals surface area contributed by atoms with Crippen molar-refractivity contribution in [3.05, 3.63) is 0 Å². The van der Waals surface area contributed by atoms with Gasteiger partial charge in [0.2, 0.25) is 5.91 Å². The molecule has 4 N–H and O–H groups in total. The molecule has 0 aromatic carbocycles. The number of amides is 1. The van der Waals surface area contributed by atoms with Crippen LogP contribution < -0.4 is 11.5 Å². The van der Waals surface area contributed by atoms with Gasteiger partial charge in [-0.05, 0) is 7.05 Å². The molecule has 4 heteroatoms. The fraction of sp³-hybridized carbons (Fsp3) is 0.667. The molecule has 0 bridgehead atoms. The fourth-order valence-corrected chi connectivity index (χ4v) is 0. The molecule has 0 aliphatic rings. The van der Waals surface area contributed by atoms with Gasteiger partial charge in [0, 0.05) is 0 Å². The Hall–Kier alpha value is -0.280. The lowest BCUT2D eigenvalue weighted by Gasteiger charge is -1.71. The van der Waals surface area contributed by atoms with E-state index in [1.54, 1.807) is 0 Å². The maximum Gasteiger partial charge on any atom is 0.232 e. The molecule has 0 aliphatic carbocycles. The van der Waals surface area contributed by atoms with Crippen molar-refractivity contribution >= 4 is 17.5 Å². The second-order valence-electron chi connectivity index (χ2n) is 0.600. The average molecular weight is 125 g/mol. The molecule has 7 heavy (non-hydrogen) atoms. The number of rotatable bonds is 1. The second-order valence-corrected chi connectivity index (χ2v) is 0.867. The molecular weight excluding hydrogens is 115 g/mol.